The van der Waals surface area contributed by atoms with Crippen molar-refractivity contribution in [2.45, 2.75) is 13.5 Å². The topological polar surface area (TPSA) is 38.8 Å². The summed E-state index contributed by atoms with van der Waals surface area (Å²) in [5.41, 5.74) is 1.21. The zero-order valence-corrected chi connectivity index (χ0v) is 18.4. The van der Waals surface area contributed by atoms with Gasteiger partial charge in [0.1, 0.15) is 16.7 Å². The smallest absolute Gasteiger partial charge is 0.266 e. The molecule has 1 heterocycles. The van der Waals surface area contributed by atoms with E-state index in [-0.39, 0.29) is 18.3 Å². The summed E-state index contributed by atoms with van der Waals surface area (Å²) in [7, 11) is 1.53. The van der Waals surface area contributed by atoms with E-state index >= 15 is 0 Å². The molecule has 1 amide bonds. The second kappa shape index (κ2) is 9.07. The molecule has 0 bridgehead atoms. The lowest BCUT2D eigenvalue weighted by atomic mass is 10.1. The first-order valence-corrected chi connectivity index (χ1v) is 10.5. The zero-order valence-electron chi connectivity index (χ0n) is 15.2. The lowest BCUT2D eigenvalue weighted by Gasteiger charge is -2.14. The molecule has 1 saturated heterocycles. The second-order valence-corrected chi connectivity index (χ2v) is 8.37. The van der Waals surface area contributed by atoms with Crippen molar-refractivity contribution in [3.05, 3.63) is 62.7 Å². The molecule has 0 radical (unpaired) electrons. The monoisotopic (exact) mass is 481 g/mol. The van der Waals surface area contributed by atoms with E-state index in [0.29, 0.717) is 37.3 Å². The van der Waals surface area contributed by atoms with Crippen molar-refractivity contribution in [2.24, 2.45) is 0 Å². The summed E-state index contributed by atoms with van der Waals surface area (Å²) in [5, 5.41) is 0. The third-order valence-corrected chi connectivity index (χ3v) is 6.04. The van der Waals surface area contributed by atoms with Gasteiger partial charge in [0.15, 0.2) is 11.5 Å². The highest BCUT2D eigenvalue weighted by molar-refractivity contribution is 9.10. The van der Waals surface area contributed by atoms with E-state index < -0.39 is 0 Å². The first-order valence-electron chi connectivity index (χ1n) is 8.43. The highest BCUT2D eigenvalue weighted by Crippen LogP contribution is 2.39. The number of methoxy groups -OCH3 is 1. The minimum atomic E-state index is -0.327. The molecule has 1 aliphatic rings. The number of benzene rings is 2. The van der Waals surface area contributed by atoms with Crippen LogP contribution in [0.4, 0.5) is 4.39 Å². The predicted octanol–water partition coefficient (Wildman–Crippen LogP) is 5.40. The summed E-state index contributed by atoms with van der Waals surface area (Å²) < 4.78 is 26.2. The van der Waals surface area contributed by atoms with Gasteiger partial charge in [0.05, 0.1) is 16.5 Å². The highest BCUT2D eigenvalue weighted by atomic mass is 79.9. The molecule has 0 saturated carbocycles. The molecule has 3 rings (SSSR count). The molecule has 2 aromatic carbocycles. The van der Waals surface area contributed by atoms with Crippen LogP contribution in [-0.2, 0) is 11.4 Å². The third-order valence-electron chi connectivity index (χ3n) is 4.07. The Labute approximate surface area is 180 Å². The molecule has 0 atom stereocenters. The molecule has 0 N–H and O–H groups in total. The molecule has 0 unspecified atom stereocenters. The van der Waals surface area contributed by atoms with Gasteiger partial charge in [-0.1, -0.05) is 42.2 Å². The van der Waals surface area contributed by atoms with Gasteiger partial charge in [0, 0.05) is 12.1 Å². The van der Waals surface area contributed by atoms with Crippen LogP contribution in [0.15, 0.2) is 45.8 Å². The van der Waals surface area contributed by atoms with E-state index in [1.807, 2.05) is 13.0 Å². The quantitative estimate of drug-likeness (QED) is 0.408. The summed E-state index contributed by atoms with van der Waals surface area (Å²) in [4.78, 5) is 14.5. The van der Waals surface area contributed by atoms with E-state index in [0.717, 1.165) is 5.56 Å². The molecule has 0 spiro atoms. The summed E-state index contributed by atoms with van der Waals surface area (Å²) in [6.45, 7) is 2.49. The minimum absolute atomic E-state index is 0.0656. The number of thiocarbonyl (C=S) groups is 1. The Morgan fingerprint density at radius 1 is 1.32 bits per heavy atom. The van der Waals surface area contributed by atoms with Crippen molar-refractivity contribution in [2.75, 3.05) is 13.7 Å². The van der Waals surface area contributed by atoms with E-state index in [2.05, 4.69) is 15.9 Å². The fraction of sp³-hybridized carbons (Fsp3) is 0.200. The average Bonchev–Trinajstić information content (AvgIpc) is 2.94. The fourth-order valence-corrected chi connectivity index (χ4v) is 4.61. The average molecular weight is 482 g/mol. The van der Waals surface area contributed by atoms with Gasteiger partial charge in [0.25, 0.3) is 5.91 Å². The van der Waals surface area contributed by atoms with Gasteiger partial charge >= 0.3 is 0 Å². The number of hydrogen-bond acceptors (Lipinski definition) is 5. The lowest BCUT2D eigenvalue weighted by Crippen LogP contribution is -2.27. The van der Waals surface area contributed by atoms with Crippen molar-refractivity contribution in [1.82, 2.24) is 4.90 Å². The van der Waals surface area contributed by atoms with Crippen molar-refractivity contribution in [3.63, 3.8) is 0 Å². The van der Waals surface area contributed by atoms with Gasteiger partial charge in [-0.25, -0.2) is 4.39 Å². The van der Waals surface area contributed by atoms with Crippen LogP contribution >= 0.6 is 39.9 Å². The van der Waals surface area contributed by atoms with Crippen LogP contribution in [0.2, 0.25) is 0 Å². The Bertz CT molecular complexity index is 964. The number of carbonyl (C=O) groups is 1. The highest BCUT2D eigenvalue weighted by Gasteiger charge is 2.30. The summed E-state index contributed by atoms with van der Waals surface area (Å²) in [5.74, 6) is 0.506. The molecule has 146 valence electrons. The number of hydrogen-bond donors (Lipinski definition) is 0. The second-order valence-electron chi connectivity index (χ2n) is 5.84. The molecule has 1 aliphatic heterocycles. The number of likely N-dealkylation sites (N-methyl/N-ethyl adjacent to an activating group) is 1. The van der Waals surface area contributed by atoms with Gasteiger partial charge in [-0.15, -0.1) is 0 Å². The molecule has 8 heteroatoms. The minimum Gasteiger partial charge on any atom is -0.493 e. The Morgan fingerprint density at radius 2 is 2.07 bits per heavy atom. The summed E-state index contributed by atoms with van der Waals surface area (Å²) in [6, 6.07) is 10.0. The Hall–Kier alpha value is -1.90. The van der Waals surface area contributed by atoms with Crippen LogP contribution in [0, 0.1) is 5.82 Å². The van der Waals surface area contributed by atoms with Crippen molar-refractivity contribution >= 4 is 56.2 Å². The first-order chi connectivity index (χ1) is 13.4. The van der Waals surface area contributed by atoms with Crippen LogP contribution in [0.5, 0.6) is 11.5 Å². The Kier molecular flexibility index (Phi) is 6.74. The number of amides is 1. The molecular formula is C20H17BrFNO3S2. The zero-order chi connectivity index (χ0) is 20.3. The number of carbonyl (C=O) groups excluding carboxylic acids is 1. The molecule has 4 nitrogen and oxygen atoms in total. The van der Waals surface area contributed by atoms with E-state index in [4.69, 9.17) is 21.7 Å². The van der Waals surface area contributed by atoms with Crippen LogP contribution in [0.3, 0.4) is 0 Å². The Morgan fingerprint density at radius 3 is 2.71 bits per heavy atom. The standard InChI is InChI=1S/C20H17BrFNO3S2/c1-3-23-19(24)17(28-20(23)27)10-12-8-14(21)18(16(9-12)25-2)26-11-13-6-4-5-7-15(13)22/h4-10H,3,11H2,1-2H3. The normalized spacial score (nSPS) is 15.4. The van der Waals surface area contributed by atoms with Crippen molar-refractivity contribution in [1.29, 1.82) is 0 Å². The summed E-state index contributed by atoms with van der Waals surface area (Å²) >= 11 is 9.99. The SMILES string of the molecule is CCN1C(=O)C(=Cc2cc(Br)c(OCc3ccccc3F)c(OC)c2)SC1=S. The largest absolute Gasteiger partial charge is 0.493 e. The maximum Gasteiger partial charge on any atom is 0.266 e. The number of thioether (sulfide) groups is 1. The molecule has 0 aromatic heterocycles. The lowest BCUT2D eigenvalue weighted by molar-refractivity contribution is -0.121. The number of rotatable bonds is 6. The van der Waals surface area contributed by atoms with E-state index in [1.54, 1.807) is 35.2 Å². The third kappa shape index (κ3) is 4.39. The molecule has 28 heavy (non-hydrogen) atoms. The van der Waals surface area contributed by atoms with Crippen LogP contribution in [0.1, 0.15) is 18.1 Å². The van der Waals surface area contributed by atoms with Gasteiger partial charge in [-0.3, -0.25) is 9.69 Å². The van der Waals surface area contributed by atoms with Gasteiger partial charge in [-0.2, -0.15) is 0 Å². The van der Waals surface area contributed by atoms with Crippen LogP contribution in [0.25, 0.3) is 6.08 Å². The van der Waals surface area contributed by atoms with E-state index in [9.17, 15) is 9.18 Å². The maximum absolute atomic E-state index is 13.8. The van der Waals surface area contributed by atoms with Gasteiger partial charge in [-0.05, 0) is 52.7 Å². The van der Waals surface area contributed by atoms with Crippen LogP contribution in [-0.4, -0.2) is 28.8 Å². The van der Waals surface area contributed by atoms with Crippen LogP contribution < -0.4 is 9.47 Å². The maximum atomic E-state index is 13.8. The number of ether oxygens (including phenoxy) is 2. The summed E-state index contributed by atoms with van der Waals surface area (Å²) in [6.07, 6.45) is 1.77. The molecular weight excluding hydrogens is 465 g/mol. The Balaban J connectivity index is 1.86. The molecule has 2 aromatic rings. The molecule has 1 fully saturated rings. The van der Waals surface area contributed by atoms with Crippen molar-refractivity contribution in [3.8, 4) is 11.5 Å². The first kappa shape index (κ1) is 20.8. The predicted molar refractivity (Wildman–Crippen MR) is 117 cm³/mol. The van der Waals surface area contributed by atoms with Gasteiger partial charge < -0.3 is 9.47 Å². The molecule has 0 aliphatic carbocycles. The van der Waals surface area contributed by atoms with E-state index in [1.165, 1.54) is 24.9 Å². The fourth-order valence-electron chi connectivity index (χ4n) is 2.65. The van der Waals surface area contributed by atoms with Crippen molar-refractivity contribution < 1.29 is 18.7 Å². The number of halogens is 2. The number of nitrogens with zero attached hydrogens (tertiary/aromatic N) is 1. The van der Waals surface area contributed by atoms with Gasteiger partial charge in [0.2, 0.25) is 0 Å².